The van der Waals surface area contributed by atoms with Gasteiger partial charge in [-0.1, -0.05) is 6.42 Å². The number of likely N-dealkylation sites (N-methyl/N-ethyl adjacent to an activating group) is 1. The zero-order valence-corrected chi connectivity index (χ0v) is 4.65. The van der Waals surface area contributed by atoms with E-state index in [1.807, 2.05) is 7.05 Å². The highest BCUT2D eigenvalue weighted by Gasteiger charge is 2.01. The van der Waals surface area contributed by atoms with Gasteiger partial charge in [0.15, 0.2) is 0 Å². The molecule has 2 heteroatoms. The number of hydrogen-bond acceptors (Lipinski definition) is 1. The van der Waals surface area contributed by atoms with Gasteiger partial charge in [-0.15, -0.1) is 6.04 Å². The van der Waals surface area contributed by atoms with Crippen molar-refractivity contribution in [1.82, 2.24) is 5.32 Å². The summed E-state index contributed by atoms with van der Waals surface area (Å²) in [6.45, 7) is 2.25. The van der Waals surface area contributed by atoms with Crippen molar-refractivity contribution in [2.45, 2.75) is 12.5 Å². The van der Waals surface area contributed by atoms with E-state index in [0.717, 1.165) is 13.1 Å². The lowest BCUT2D eigenvalue weighted by atomic mass is 10.3. The fourth-order valence-corrected chi connectivity index (χ4v) is 0.860. The maximum absolute atomic E-state index is 4.12. The maximum atomic E-state index is 4.12. The van der Waals surface area contributed by atoms with Gasteiger partial charge < -0.3 is 10.6 Å². The lowest BCUT2D eigenvalue weighted by Crippen LogP contribution is -2.11. The van der Waals surface area contributed by atoms with Crippen molar-refractivity contribution >= 4 is 0 Å². The third-order valence-corrected chi connectivity index (χ3v) is 1.40. The van der Waals surface area contributed by atoms with Crippen LogP contribution in [0.25, 0.3) is 5.32 Å². The monoisotopic (exact) mass is 99.1 g/mol. The minimum absolute atomic E-state index is 0.611. The molecule has 0 aromatic heterocycles. The van der Waals surface area contributed by atoms with Crippen LogP contribution in [-0.4, -0.2) is 26.2 Å². The molecule has 0 radical (unpaired) electrons. The molecule has 1 N–H and O–H groups in total. The molecule has 1 saturated heterocycles. The van der Waals surface area contributed by atoms with Gasteiger partial charge in [-0.2, -0.15) is 7.05 Å². The molecule has 0 spiro atoms. The maximum Gasteiger partial charge on any atom is -0.00629 e. The molecular weight excluding hydrogens is 88.1 g/mol. The molecule has 0 amide bonds. The van der Waals surface area contributed by atoms with Gasteiger partial charge in [-0.3, -0.25) is 0 Å². The lowest BCUT2D eigenvalue weighted by Gasteiger charge is -2.19. The molecule has 0 aromatic rings. The Bertz CT molecular complexity index is 48.0. The number of hydrogen-bond donors (Lipinski definition) is 1. The van der Waals surface area contributed by atoms with Gasteiger partial charge in [0.1, 0.15) is 0 Å². The first-order valence-electron chi connectivity index (χ1n) is 2.73. The number of rotatable bonds is 1. The van der Waals surface area contributed by atoms with E-state index in [1.165, 1.54) is 6.42 Å². The van der Waals surface area contributed by atoms with Gasteiger partial charge in [-0.05, 0) is 13.1 Å². The average Bonchev–Trinajstić information content (AvgIpc) is 2.14. The molecule has 1 aliphatic rings. The lowest BCUT2D eigenvalue weighted by molar-refractivity contribution is 0.814. The summed E-state index contributed by atoms with van der Waals surface area (Å²) < 4.78 is 0. The molecule has 1 unspecified atom stereocenters. The molecule has 0 bridgehead atoms. The summed E-state index contributed by atoms with van der Waals surface area (Å²) in [6.07, 6.45) is 1.23. The Balaban J connectivity index is 2.14. The first kappa shape index (κ1) is 5.06. The highest BCUT2D eigenvalue weighted by atomic mass is 15.0. The van der Waals surface area contributed by atoms with E-state index in [-0.39, 0.29) is 0 Å². The molecule has 7 heavy (non-hydrogen) atoms. The topological polar surface area (TPSA) is 26.1 Å². The molecule has 0 aliphatic carbocycles. The number of nitrogens with zero attached hydrogens (tertiary/aromatic N) is 1. The fourth-order valence-electron chi connectivity index (χ4n) is 0.860. The molecule has 1 heterocycles. The molecular formula is C5H11N2-. The van der Waals surface area contributed by atoms with Crippen LogP contribution in [0.15, 0.2) is 0 Å². The predicted molar refractivity (Wildman–Crippen MR) is 30.6 cm³/mol. The van der Waals surface area contributed by atoms with Crippen LogP contribution < -0.4 is 5.32 Å². The normalized spacial score (nSPS) is 31.3. The Morgan fingerprint density at radius 2 is 2.57 bits per heavy atom. The van der Waals surface area contributed by atoms with Gasteiger partial charge >= 0.3 is 0 Å². The molecule has 1 aliphatic heterocycles. The van der Waals surface area contributed by atoms with Crippen LogP contribution in [0.1, 0.15) is 6.42 Å². The van der Waals surface area contributed by atoms with E-state index in [4.69, 9.17) is 0 Å². The quantitative estimate of drug-likeness (QED) is 0.504. The summed E-state index contributed by atoms with van der Waals surface area (Å²) in [5.41, 5.74) is 0. The number of nitrogens with one attached hydrogen (secondary N) is 1. The fraction of sp³-hybridized carbons (Fsp3) is 1.00. The Kier molecular flexibility index (Phi) is 1.65. The molecule has 1 fully saturated rings. The summed E-state index contributed by atoms with van der Waals surface area (Å²) >= 11 is 0. The Morgan fingerprint density at radius 3 is 2.86 bits per heavy atom. The van der Waals surface area contributed by atoms with Gasteiger partial charge in [0, 0.05) is 0 Å². The first-order valence-corrected chi connectivity index (χ1v) is 2.73. The average molecular weight is 99.2 g/mol. The Hall–Kier alpha value is -0.0800. The summed E-state index contributed by atoms with van der Waals surface area (Å²) in [4.78, 5) is 0. The highest BCUT2D eigenvalue weighted by molar-refractivity contribution is 4.92. The molecule has 1 rings (SSSR count). The van der Waals surface area contributed by atoms with Gasteiger partial charge in [0.05, 0.1) is 0 Å². The summed E-state index contributed by atoms with van der Waals surface area (Å²) in [6, 6.07) is 0.611. The van der Waals surface area contributed by atoms with Crippen molar-refractivity contribution in [1.29, 1.82) is 0 Å². The van der Waals surface area contributed by atoms with Crippen molar-refractivity contribution in [3.05, 3.63) is 5.32 Å². The largest absolute Gasteiger partial charge is 0.661 e. The third kappa shape index (κ3) is 1.14. The molecule has 42 valence electrons. The molecule has 2 nitrogen and oxygen atoms in total. The Morgan fingerprint density at radius 1 is 1.71 bits per heavy atom. The highest BCUT2D eigenvalue weighted by Crippen LogP contribution is 2.04. The minimum Gasteiger partial charge on any atom is -0.661 e. The minimum atomic E-state index is 0.611. The first-order chi connectivity index (χ1) is 3.43. The van der Waals surface area contributed by atoms with Crippen LogP contribution in [0.4, 0.5) is 0 Å². The van der Waals surface area contributed by atoms with E-state index < -0.39 is 0 Å². The van der Waals surface area contributed by atoms with E-state index in [1.54, 1.807) is 0 Å². The second kappa shape index (κ2) is 2.28. The van der Waals surface area contributed by atoms with Crippen LogP contribution in [0, 0.1) is 0 Å². The van der Waals surface area contributed by atoms with Crippen molar-refractivity contribution in [3.8, 4) is 0 Å². The van der Waals surface area contributed by atoms with Crippen molar-refractivity contribution < 1.29 is 0 Å². The molecule has 1 atom stereocenters. The van der Waals surface area contributed by atoms with E-state index in [0.29, 0.717) is 6.04 Å². The summed E-state index contributed by atoms with van der Waals surface area (Å²) in [5.74, 6) is 0. The standard InChI is InChI=1S/C5H11N2/c1-6-5-2-3-7-4-5/h5,7H,2-4H2,1H3/q-1. The molecule has 0 aromatic carbocycles. The van der Waals surface area contributed by atoms with Gasteiger partial charge in [-0.25, -0.2) is 0 Å². The summed E-state index contributed by atoms with van der Waals surface area (Å²) in [5, 5.41) is 7.35. The predicted octanol–water partition coefficient (Wildman–Crippen LogP) is 0.352. The van der Waals surface area contributed by atoms with Crippen LogP contribution in [-0.2, 0) is 0 Å². The second-order valence-electron chi connectivity index (χ2n) is 1.90. The van der Waals surface area contributed by atoms with Crippen LogP contribution in [0.2, 0.25) is 0 Å². The van der Waals surface area contributed by atoms with Crippen molar-refractivity contribution in [2.24, 2.45) is 0 Å². The summed E-state index contributed by atoms with van der Waals surface area (Å²) in [7, 11) is 1.89. The van der Waals surface area contributed by atoms with Gasteiger partial charge in [0.2, 0.25) is 0 Å². The van der Waals surface area contributed by atoms with Crippen LogP contribution in [0.3, 0.4) is 0 Å². The van der Waals surface area contributed by atoms with Crippen molar-refractivity contribution in [2.75, 3.05) is 20.1 Å². The Labute approximate surface area is 44.3 Å². The SMILES string of the molecule is C[N-]C1CCNC1. The molecule has 0 saturated carbocycles. The third-order valence-electron chi connectivity index (χ3n) is 1.40. The van der Waals surface area contributed by atoms with Crippen LogP contribution in [0.5, 0.6) is 0 Å². The van der Waals surface area contributed by atoms with Gasteiger partial charge in [0.25, 0.3) is 0 Å². The van der Waals surface area contributed by atoms with E-state index >= 15 is 0 Å². The van der Waals surface area contributed by atoms with Crippen molar-refractivity contribution in [3.63, 3.8) is 0 Å². The van der Waals surface area contributed by atoms with E-state index in [2.05, 4.69) is 10.6 Å². The van der Waals surface area contributed by atoms with E-state index in [9.17, 15) is 0 Å². The smallest absolute Gasteiger partial charge is 0.00629 e. The zero-order valence-electron chi connectivity index (χ0n) is 4.65. The van der Waals surface area contributed by atoms with Crippen LogP contribution >= 0.6 is 0 Å². The zero-order chi connectivity index (χ0) is 5.11. The second-order valence-corrected chi connectivity index (χ2v) is 1.90.